The fraction of sp³-hybridized carbons (Fsp3) is 0.875. The molecule has 2 radical (unpaired) electrons. The molecule has 0 N–H and O–H groups in total. The Morgan fingerprint density at radius 3 is 2.36 bits per heavy atom. The summed E-state index contributed by atoms with van der Waals surface area (Å²) in [7, 11) is 0. The van der Waals surface area contributed by atoms with E-state index in [1.54, 1.807) is 0 Å². The first-order chi connectivity index (χ1) is 4.81. The number of carbonyl (C=O) groups is 1. The van der Waals surface area contributed by atoms with E-state index < -0.39 is 0 Å². The van der Waals surface area contributed by atoms with Gasteiger partial charge in [0.1, 0.15) is 0 Å². The maximum Gasteiger partial charge on any atom is 3.00 e. The van der Waals surface area contributed by atoms with Crippen LogP contribution in [-0.2, 0) is 9.53 Å². The Balaban J connectivity index is 0. The Morgan fingerprint density at radius 1 is 1.27 bits per heavy atom. The zero-order chi connectivity index (χ0) is 7.82. The van der Waals surface area contributed by atoms with Crippen LogP contribution < -0.4 is 0 Å². The quantitative estimate of drug-likeness (QED) is 0.428. The van der Waals surface area contributed by atoms with E-state index in [0.717, 1.165) is 19.3 Å². The van der Waals surface area contributed by atoms with Gasteiger partial charge in [0, 0.05) is 6.42 Å². The molecule has 0 aliphatic carbocycles. The summed E-state index contributed by atoms with van der Waals surface area (Å²) in [4.78, 5) is 10.7. The predicted molar refractivity (Wildman–Crippen MR) is 46.5 cm³/mol. The van der Waals surface area contributed by atoms with Crippen molar-refractivity contribution in [3.05, 3.63) is 0 Å². The molecule has 0 aliphatic heterocycles. The van der Waals surface area contributed by atoms with Crippen LogP contribution in [0.5, 0.6) is 0 Å². The van der Waals surface area contributed by atoms with Gasteiger partial charge >= 0.3 is 32.2 Å². The molecule has 0 unspecified atom stereocenters. The number of hydrogen-bond acceptors (Lipinski definition) is 2. The Kier molecular flexibility index (Phi) is 13.1. The molecule has 62 valence electrons. The van der Waals surface area contributed by atoms with Gasteiger partial charge in [0.2, 0.25) is 0 Å². The van der Waals surface area contributed by atoms with Crippen molar-refractivity contribution in [2.24, 2.45) is 0 Å². The van der Waals surface area contributed by atoms with Crippen molar-refractivity contribution in [3.63, 3.8) is 0 Å². The van der Waals surface area contributed by atoms with E-state index in [9.17, 15) is 4.79 Å². The molecule has 2 nitrogen and oxygen atoms in total. The summed E-state index contributed by atoms with van der Waals surface area (Å²) < 4.78 is 4.75. The summed E-state index contributed by atoms with van der Waals surface area (Å²) in [5.74, 6) is -0.0593. The molecule has 11 heavy (non-hydrogen) atoms. The first-order valence-electron chi connectivity index (χ1n) is 3.96. The average molecular weight is 353 g/mol. The first-order valence-corrected chi connectivity index (χ1v) is 3.96. The average Bonchev–Trinajstić information content (AvgIpc) is 1.89. The molecule has 0 saturated heterocycles. The zero-order valence-corrected chi connectivity index (χ0v) is 10.8. The Bertz CT molecular complexity index is 94.1. The van der Waals surface area contributed by atoms with Gasteiger partial charge in [-0.25, -0.2) is 0 Å². The molecular formula is C8H16BiO2+3. The monoisotopic (exact) mass is 353 g/mol. The standard InChI is InChI=1S/C8H16O2.Bi/c1-3-5-6-7-8(9)10-4-2;/h3-7H2,1-2H3;/q;+3. The van der Waals surface area contributed by atoms with Crippen LogP contribution in [0, 0.1) is 0 Å². The third kappa shape index (κ3) is 10.4. The summed E-state index contributed by atoms with van der Waals surface area (Å²) in [6.07, 6.45) is 3.83. The molecule has 3 heteroatoms. The second-order valence-corrected chi connectivity index (χ2v) is 2.26. The van der Waals surface area contributed by atoms with Crippen molar-refractivity contribution in [1.29, 1.82) is 0 Å². The number of carbonyl (C=O) groups excluding carboxylic acids is 1. The third-order valence-corrected chi connectivity index (χ3v) is 1.29. The van der Waals surface area contributed by atoms with E-state index in [1.807, 2.05) is 6.92 Å². The molecule has 0 aromatic heterocycles. The van der Waals surface area contributed by atoms with E-state index in [0.29, 0.717) is 13.0 Å². The van der Waals surface area contributed by atoms with Gasteiger partial charge in [-0.05, 0) is 13.3 Å². The largest absolute Gasteiger partial charge is 3.00 e. The molecule has 0 aromatic rings. The van der Waals surface area contributed by atoms with Crippen molar-refractivity contribution < 1.29 is 9.53 Å². The topological polar surface area (TPSA) is 26.3 Å². The van der Waals surface area contributed by atoms with Gasteiger partial charge in [-0.3, -0.25) is 4.79 Å². The maximum absolute atomic E-state index is 10.7. The first kappa shape index (κ1) is 13.9. The van der Waals surface area contributed by atoms with Crippen molar-refractivity contribution >= 4 is 32.2 Å². The van der Waals surface area contributed by atoms with Gasteiger partial charge < -0.3 is 4.74 Å². The molecule has 0 fully saturated rings. The molecule has 0 spiro atoms. The maximum atomic E-state index is 10.7. The molecule has 0 aromatic carbocycles. The van der Waals surface area contributed by atoms with Crippen LogP contribution in [0.15, 0.2) is 0 Å². The van der Waals surface area contributed by atoms with E-state index in [1.165, 1.54) is 0 Å². The van der Waals surface area contributed by atoms with Crippen LogP contribution in [0.2, 0.25) is 0 Å². The number of hydrogen-bond donors (Lipinski definition) is 0. The van der Waals surface area contributed by atoms with Gasteiger partial charge in [-0.2, -0.15) is 0 Å². The zero-order valence-electron chi connectivity index (χ0n) is 7.30. The van der Waals surface area contributed by atoms with E-state index in [-0.39, 0.29) is 32.2 Å². The Morgan fingerprint density at radius 2 is 1.91 bits per heavy atom. The Labute approximate surface area is 87.8 Å². The minimum Gasteiger partial charge on any atom is -0.466 e. The van der Waals surface area contributed by atoms with Crippen molar-refractivity contribution in [1.82, 2.24) is 0 Å². The number of ether oxygens (including phenoxy) is 1. The van der Waals surface area contributed by atoms with Gasteiger partial charge in [0.05, 0.1) is 6.61 Å². The second-order valence-electron chi connectivity index (χ2n) is 2.26. The van der Waals surface area contributed by atoms with Crippen LogP contribution >= 0.6 is 0 Å². The minimum absolute atomic E-state index is 0. The van der Waals surface area contributed by atoms with Crippen molar-refractivity contribution in [2.75, 3.05) is 6.61 Å². The van der Waals surface area contributed by atoms with Gasteiger partial charge in [-0.15, -0.1) is 0 Å². The van der Waals surface area contributed by atoms with E-state index in [2.05, 4.69) is 6.92 Å². The number of esters is 1. The molecule has 0 heterocycles. The molecule has 0 saturated carbocycles. The fourth-order valence-corrected chi connectivity index (χ4v) is 0.752. The Hall–Kier alpha value is 0.353. The van der Waals surface area contributed by atoms with Crippen molar-refractivity contribution in [2.45, 2.75) is 39.5 Å². The summed E-state index contributed by atoms with van der Waals surface area (Å²) in [5, 5.41) is 0. The van der Waals surface area contributed by atoms with Gasteiger partial charge in [0.15, 0.2) is 0 Å². The molecule has 0 bridgehead atoms. The SMILES string of the molecule is CCCCCC(=O)OCC.[Bi+3]. The van der Waals surface area contributed by atoms with Crippen LogP contribution in [0.4, 0.5) is 0 Å². The molecule has 0 amide bonds. The van der Waals surface area contributed by atoms with Crippen molar-refractivity contribution in [3.8, 4) is 0 Å². The molecular weight excluding hydrogens is 337 g/mol. The van der Waals surface area contributed by atoms with Crippen LogP contribution in [0.3, 0.4) is 0 Å². The summed E-state index contributed by atoms with van der Waals surface area (Å²) in [6, 6.07) is 0. The van der Waals surface area contributed by atoms with E-state index >= 15 is 0 Å². The molecule has 0 rings (SSSR count). The smallest absolute Gasteiger partial charge is 0.466 e. The second kappa shape index (κ2) is 10.4. The molecule has 0 atom stereocenters. The number of rotatable bonds is 5. The van der Waals surface area contributed by atoms with Gasteiger partial charge in [0.25, 0.3) is 0 Å². The van der Waals surface area contributed by atoms with Crippen LogP contribution in [0.1, 0.15) is 39.5 Å². The van der Waals surface area contributed by atoms with Crippen LogP contribution in [-0.4, -0.2) is 38.8 Å². The van der Waals surface area contributed by atoms with Gasteiger partial charge in [-0.1, -0.05) is 19.8 Å². The summed E-state index contributed by atoms with van der Waals surface area (Å²) in [6.45, 7) is 4.45. The minimum atomic E-state index is -0.0593. The fourth-order valence-electron chi connectivity index (χ4n) is 0.752. The normalized spacial score (nSPS) is 8.55. The predicted octanol–water partition coefficient (Wildman–Crippen LogP) is 1.75. The summed E-state index contributed by atoms with van der Waals surface area (Å²) >= 11 is 0. The van der Waals surface area contributed by atoms with Crippen LogP contribution in [0.25, 0.3) is 0 Å². The van der Waals surface area contributed by atoms with E-state index in [4.69, 9.17) is 4.74 Å². The summed E-state index contributed by atoms with van der Waals surface area (Å²) in [5.41, 5.74) is 0. The molecule has 0 aliphatic rings. The third-order valence-electron chi connectivity index (χ3n) is 1.29. The number of unbranched alkanes of at least 4 members (excludes halogenated alkanes) is 2.